The van der Waals surface area contributed by atoms with Crippen molar-refractivity contribution in [3.05, 3.63) is 0 Å². The van der Waals surface area contributed by atoms with E-state index in [1.165, 1.54) is 89.9 Å². The van der Waals surface area contributed by atoms with E-state index in [9.17, 15) is 19.2 Å². The number of thioether (sulfide) groups is 2. The molecular formula is C34H67N2NaO7S3. The molecule has 0 aliphatic heterocycles. The summed E-state index contributed by atoms with van der Waals surface area (Å²) in [6.07, 6.45) is 27.5. The van der Waals surface area contributed by atoms with Gasteiger partial charge in [0.25, 0.3) is 0 Å². The Balaban J connectivity index is -0.000000235. The summed E-state index contributed by atoms with van der Waals surface area (Å²) in [5.41, 5.74) is 0. The average Bonchev–Trinajstić information content (AvgIpc) is 3.04. The van der Waals surface area contributed by atoms with Crippen molar-refractivity contribution in [2.24, 2.45) is 0 Å². The fourth-order valence-electron chi connectivity index (χ4n) is 4.71. The van der Waals surface area contributed by atoms with E-state index in [1.54, 1.807) is 23.5 Å². The van der Waals surface area contributed by atoms with Crippen LogP contribution >= 0.6 is 23.5 Å². The summed E-state index contributed by atoms with van der Waals surface area (Å²) in [7, 11) is 0. The third-order valence-electron chi connectivity index (χ3n) is 7.50. The number of nitrogens with one attached hydrogen (secondary N) is 2. The molecule has 0 saturated heterocycles. The molecule has 0 aromatic rings. The van der Waals surface area contributed by atoms with Crippen LogP contribution in [0.15, 0.2) is 0 Å². The van der Waals surface area contributed by atoms with Gasteiger partial charge >= 0.3 is 41.5 Å². The standard InChI is InChI=1S/2C17H33NO3S.Na.OS.H/c2*1-3-4-5-6-7-8-9-10-11-12-16(19)18-15(17(20)21)13-14-22-2;;1-2;/h2*15H,3-14H2,1-2H3,(H,18,19)(H,20,21);;;/q;;+1;;-1/t2*15-;;;/m00.../s1. The third kappa shape index (κ3) is 41.7. The predicted octanol–water partition coefficient (Wildman–Crippen LogP) is 5.24. The van der Waals surface area contributed by atoms with Crippen molar-refractivity contribution < 1.29 is 64.6 Å². The molecule has 13 heteroatoms. The van der Waals surface area contributed by atoms with Crippen molar-refractivity contribution in [3.63, 3.8) is 0 Å². The Labute approximate surface area is 324 Å². The summed E-state index contributed by atoms with van der Waals surface area (Å²) in [6, 6.07) is -1.47. The van der Waals surface area contributed by atoms with Crippen LogP contribution in [0.1, 0.15) is 157 Å². The molecule has 0 radical (unpaired) electrons. The maximum absolute atomic E-state index is 11.7. The van der Waals surface area contributed by atoms with Gasteiger partial charge in [-0.1, -0.05) is 117 Å². The zero-order valence-electron chi connectivity index (χ0n) is 31.3. The molecule has 47 heavy (non-hydrogen) atoms. The largest absolute Gasteiger partial charge is 1.00 e. The van der Waals surface area contributed by atoms with Crippen molar-refractivity contribution in [3.8, 4) is 0 Å². The third-order valence-corrected chi connectivity index (χ3v) is 8.79. The Morgan fingerprint density at radius 3 is 1.04 bits per heavy atom. The molecule has 0 heterocycles. The van der Waals surface area contributed by atoms with Crippen LogP contribution in [0, 0.1) is 0 Å². The fraction of sp³-hybridized carbons (Fsp3) is 0.882. The van der Waals surface area contributed by atoms with Crippen molar-refractivity contribution >= 4 is 59.8 Å². The van der Waals surface area contributed by atoms with Crippen molar-refractivity contribution in [1.82, 2.24) is 10.6 Å². The number of aliphatic carboxylic acids is 2. The first kappa shape index (κ1) is 53.4. The maximum Gasteiger partial charge on any atom is 1.00 e. The van der Waals surface area contributed by atoms with Crippen LogP contribution < -0.4 is 40.2 Å². The van der Waals surface area contributed by atoms with E-state index in [0.717, 1.165) is 37.2 Å². The maximum atomic E-state index is 11.7. The van der Waals surface area contributed by atoms with E-state index >= 15 is 0 Å². The summed E-state index contributed by atoms with van der Waals surface area (Å²) in [5.74, 6) is -0.637. The van der Waals surface area contributed by atoms with Gasteiger partial charge in [0.1, 0.15) is 12.1 Å². The van der Waals surface area contributed by atoms with E-state index < -0.39 is 24.0 Å². The molecule has 0 bridgehead atoms. The van der Waals surface area contributed by atoms with Gasteiger partial charge in [0.15, 0.2) is 12.5 Å². The molecule has 0 aliphatic carbocycles. The molecule has 0 aliphatic rings. The van der Waals surface area contributed by atoms with Gasteiger partial charge in [-0.2, -0.15) is 27.7 Å². The minimum Gasteiger partial charge on any atom is -1.00 e. The van der Waals surface area contributed by atoms with Gasteiger partial charge in [0.2, 0.25) is 11.8 Å². The predicted molar refractivity (Wildman–Crippen MR) is 198 cm³/mol. The van der Waals surface area contributed by atoms with E-state index in [0.29, 0.717) is 25.7 Å². The van der Waals surface area contributed by atoms with E-state index in [2.05, 4.69) is 37.0 Å². The van der Waals surface area contributed by atoms with Crippen LogP contribution in [-0.2, 0) is 31.7 Å². The zero-order chi connectivity index (χ0) is 35.3. The number of hydrogen-bond donors (Lipinski definition) is 4. The molecule has 0 rings (SSSR count). The zero-order valence-corrected chi connectivity index (χ0v) is 34.7. The summed E-state index contributed by atoms with van der Waals surface area (Å²) in [6.45, 7) is 4.45. The monoisotopic (exact) mass is 734 g/mol. The topological polar surface area (TPSA) is 150 Å². The molecule has 0 unspecified atom stereocenters. The quantitative estimate of drug-likeness (QED) is 0.0570. The molecule has 274 valence electrons. The number of unbranched alkanes of at least 4 members (excludes halogenated alkanes) is 16. The first-order valence-corrected chi connectivity index (χ1v) is 20.5. The van der Waals surface area contributed by atoms with Crippen LogP contribution in [0.2, 0.25) is 0 Å². The van der Waals surface area contributed by atoms with E-state index in [4.69, 9.17) is 14.4 Å². The van der Waals surface area contributed by atoms with Crippen molar-refractivity contribution in [2.75, 3.05) is 24.0 Å². The van der Waals surface area contributed by atoms with Gasteiger partial charge in [0.05, 0.1) is 0 Å². The van der Waals surface area contributed by atoms with Gasteiger partial charge < -0.3 is 22.3 Å². The first-order chi connectivity index (χ1) is 22.2. The Morgan fingerprint density at radius 1 is 0.553 bits per heavy atom. The summed E-state index contributed by atoms with van der Waals surface area (Å²) < 4.78 is 7.83. The minimum atomic E-state index is -0.936. The van der Waals surface area contributed by atoms with Crippen LogP contribution in [0.5, 0.6) is 0 Å². The number of carbonyl (C=O) groups excluding carboxylic acids is 2. The Morgan fingerprint density at radius 2 is 0.809 bits per heavy atom. The van der Waals surface area contributed by atoms with Crippen LogP contribution in [0.25, 0.3) is 0 Å². The molecule has 0 spiro atoms. The SMILES string of the molecule is CCCCCCCCCCCC(=O)N[C@@H](CCSC)C(=O)O.CCCCCCCCCCCC(=O)N[C@@H](CCSC)C(=O)O.O=S.[H-].[Na+]. The molecule has 0 fully saturated rings. The Hall–Kier alpha value is -0.400. The summed E-state index contributed by atoms with van der Waals surface area (Å²) in [5, 5.41) is 23.4. The summed E-state index contributed by atoms with van der Waals surface area (Å²) in [4.78, 5) is 45.6. The number of hydrogen-bond acceptors (Lipinski definition) is 8. The number of amides is 2. The van der Waals surface area contributed by atoms with Crippen LogP contribution in [-0.4, -0.2) is 74.3 Å². The van der Waals surface area contributed by atoms with Gasteiger partial charge in [0, 0.05) is 12.8 Å². The van der Waals surface area contributed by atoms with Gasteiger partial charge in [-0.05, 0) is 49.7 Å². The van der Waals surface area contributed by atoms with Crippen LogP contribution in [0.3, 0.4) is 0 Å². The molecule has 0 saturated carbocycles. The number of carboxylic acid groups (broad SMARTS) is 2. The van der Waals surface area contributed by atoms with Crippen LogP contribution in [0.4, 0.5) is 0 Å². The minimum absolute atomic E-state index is 0. The number of rotatable bonds is 30. The molecule has 0 aromatic heterocycles. The van der Waals surface area contributed by atoms with Gasteiger partial charge in [-0.3, -0.25) is 9.59 Å². The molecule has 9 nitrogen and oxygen atoms in total. The Bertz CT molecular complexity index is 689. The number of carboxylic acids is 2. The summed E-state index contributed by atoms with van der Waals surface area (Å²) >= 11 is 6.02. The van der Waals surface area contributed by atoms with Crippen molar-refractivity contribution in [2.45, 2.75) is 167 Å². The second-order valence-electron chi connectivity index (χ2n) is 11.6. The molecular weight excluding hydrogens is 668 g/mol. The van der Waals surface area contributed by atoms with E-state index in [1.807, 2.05) is 12.5 Å². The molecule has 2 atom stereocenters. The van der Waals surface area contributed by atoms with Crippen molar-refractivity contribution in [1.29, 1.82) is 0 Å². The normalized spacial score (nSPS) is 11.4. The van der Waals surface area contributed by atoms with Gasteiger partial charge in [-0.15, -0.1) is 0 Å². The fourth-order valence-corrected chi connectivity index (χ4v) is 5.65. The second-order valence-corrected chi connectivity index (χ2v) is 13.6. The molecule has 0 aromatic carbocycles. The van der Waals surface area contributed by atoms with E-state index in [-0.39, 0.29) is 42.8 Å². The van der Waals surface area contributed by atoms with Gasteiger partial charge in [-0.25, -0.2) is 9.59 Å². The average molecular weight is 735 g/mol. The molecule has 2 amide bonds. The second kappa shape index (κ2) is 43.6. The first-order valence-electron chi connectivity index (χ1n) is 17.4. The molecule has 4 N–H and O–H groups in total. The number of carbonyl (C=O) groups is 4. The smallest absolute Gasteiger partial charge is 1.00 e. The Kier molecular flexibility index (Phi) is 49.6.